The highest BCUT2D eigenvalue weighted by atomic mass is 15.3. The third-order valence-electron chi connectivity index (χ3n) is 7.31. The molecule has 168 valence electrons. The molecule has 0 N–H and O–H groups in total. The van der Waals surface area contributed by atoms with Crippen LogP contribution >= 0.6 is 0 Å². The molecule has 0 fully saturated rings. The standard InChI is InChI=1S/C30H23N5/c1-30(2,3)20-11-5-4-10-19(20)18-16-25-27-26(17-18)34-24-15-9-7-13-22(24)32-29(34)35(27)28-31-21-12-6-8-14-23(21)33(25)28/h4-17H,1-3H3. The lowest BCUT2D eigenvalue weighted by atomic mass is 9.82. The molecule has 0 bridgehead atoms. The summed E-state index contributed by atoms with van der Waals surface area (Å²) in [6, 6.07) is 30.2. The van der Waals surface area contributed by atoms with Gasteiger partial charge in [-0.15, -0.1) is 0 Å². The largest absolute Gasteiger partial charge is 0.276 e. The average Bonchev–Trinajstić information content (AvgIpc) is 3.57. The fraction of sp³-hybridized carbons (Fsp3) is 0.133. The Bertz CT molecular complexity index is 1980. The summed E-state index contributed by atoms with van der Waals surface area (Å²) in [6.45, 7) is 6.84. The number of para-hydroxylation sites is 4. The topological polar surface area (TPSA) is 39.0 Å². The molecule has 0 aliphatic heterocycles. The maximum atomic E-state index is 5.06. The molecule has 4 aromatic carbocycles. The van der Waals surface area contributed by atoms with Crippen LogP contribution in [0.5, 0.6) is 0 Å². The van der Waals surface area contributed by atoms with Crippen molar-refractivity contribution in [2.45, 2.75) is 26.2 Å². The van der Waals surface area contributed by atoms with Crippen molar-refractivity contribution in [2.24, 2.45) is 0 Å². The van der Waals surface area contributed by atoms with E-state index in [1.165, 1.54) is 16.7 Å². The van der Waals surface area contributed by atoms with Crippen molar-refractivity contribution in [3.63, 3.8) is 0 Å². The number of fused-ring (bicyclic) bond motifs is 10. The summed E-state index contributed by atoms with van der Waals surface area (Å²) in [5.41, 5.74) is 11.5. The van der Waals surface area contributed by atoms with E-state index in [1.807, 2.05) is 12.1 Å². The van der Waals surface area contributed by atoms with Gasteiger partial charge in [-0.1, -0.05) is 69.3 Å². The van der Waals surface area contributed by atoms with Gasteiger partial charge in [0.25, 0.3) is 0 Å². The number of aromatic nitrogens is 5. The smallest absolute Gasteiger partial charge is 0.223 e. The van der Waals surface area contributed by atoms with Crippen LogP contribution in [0.15, 0.2) is 84.9 Å². The molecule has 0 unspecified atom stereocenters. The number of imidazole rings is 4. The van der Waals surface area contributed by atoms with Crippen molar-refractivity contribution in [1.82, 2.24) is 23.2 Å². The summed E-state index contributed by atoms with van der Waals surface area (Å²) < 4.78 is 6.81. The van der Waals surface area contributed by atoms with Crippen LogP contribution in [0, 0.1) is 0 Å². The summed E-state index contributed by atoms with van der Waals surface area (Å²) in [7, 11) is 0. The second-order valence-corrected chi connectivity index (χ2v) is 10.5. The lowest BCUT2D eigenvalue weighted by Crippen LogP contribution is -2.12. The van der Waals surface area contributed by atoms with E-state index in [9.17, 15) is 0 Å². The Balaban J connectivity index is 1.64. The predicted octanol–water partition coefficient (Wildman–Crippen LogP) is 7.10. The van der Waals surface area contributed by atoms with Gasteiger partial charge < -0.3 is 0 Å². The van der Waals surface area contributed by atoms with Gasteiger partial charge in [0.15, 0.2) is 0 Å². The zero-order valence-corrected chi connectivity index (χ0v) is 19.8. The monoisotopic (exact) mass is 453 g/mol. The van der Waals surface area contributed by atoms with E-state index in [4.69, 9.17) is 9.97 Å². The highest BCUT2D eigenvalue weighted by molar-refractivity contribution is 6.06. The van der Waals surface area contributed by atoms with Gasteiger partial charge in [-0.25, -0.2) is 14.4 Å². The van der Waals surface area contributed by atoms with E-state index in [2.05, 4.69) is 107 Å². The summed E-state index contributed by atoms with van der Waals surface area (Å²) in [5, 5.41) is 0. The molecule has 0 saturated heterocycles. The first-order chi connectivity index (χ1) is 17.0. The normalized spacial score (nSPS) is 13.0. The van der Waals surface area contributed by atoms with E-state index < -0.39 is 0 Å². The quantitative estimate of drug-likeness (QED) is 0.266. The number of hydrogen-bond acceptors (Lipinski definition) is 2. The van der Waals surface area contributed by atoms with Crippen molar-refractivity contribution < 1.29 is 0 Å². The molecule has 8 rings (SSSR count). The molecule has 0 saturated carbocycles. The summed E-state index contributed by atoms with van der Waals surface area (Å²) in [4.78, 5) is 10.1. The van der Waals surface area contributed by atoms with Crippen molar-refractivity contribution in [3.05, 3.63) is 90.5 Å². The van der Waals surface area contributed by atoms with Crippen LogP contribution < -0.4 is 0 Å². The van der Waals surface area contributed by atoms with Gasteiger partial charge in [0.05, 0.1) is 33.1 Å². The fourth-order valence-electron chi connectivity index (χ4n) is 5.81. The lowest BCUT2D eigenvalue weighted by molar-refractivity contribution is 0.592. The molecule has 4 heterocycles. The van der Waals surface area contributed by atoms with E-state index in [0.29, 0.717) is 0 Å². The molecule has 0 aliphatic rings. The minimum Gasteiger partial charge on any atom is -0.276 e. The highest BCUT2D eigenvalue weighted by Gasteiger charge is 2.25. The molecule has 35 heavy (non-hydrogen) atoms. The highest BCUT2D eigenvalue weighted by Crippen LogP contribution is 2.39. The van der Waals surface area contributed by atoms with Crippen molar-refractivity contribution in [3.8, 4) is 11.1 Å². The van der Waals surface area contributed by atoms with Gasteiger partial charge in [0.1, 0.15) is 5.52 Å². The zero-order valence-electron chi connectivity index (χ0n) is 19.8. The predicted molar refractivity (Wildman–Crippen MR) is 143 cm³/mol. The SMILES string of the molecule is CC(C)(C)c1ccccc1-c1cc2c3c(c1)n1c4ccccc4nc1n3c1nc3ccccc3n21. The van der Waals surface area contributed by atoms with Gasteiger partial charge >= 0.3 is 0 Å². The van der Waals surface area contributed by atoms with E-state index in [-0.39, 0.29) is 5.41 Å². The first kappa shape index (κ1) is 19.0. The summed E-state index contributed by atoms with van der Waals surface area (Å²) in [6.07, 6.45) is 0. The van der Waals surface area contributed by atoms with Crippen LogP contribution in [0.1, 0.15) is 26.3 Å². The molecule has 0 radical (unpaired) electrons. The van der Waals surface area contributed by atoms with Crippen molar-refractivity contribution in [2.75, 3.05) is 0 Å². The fourth-order valence-corrected chi connectivity index (χ4v) is 5.81. The number of nitrogens with zero attached hydrogens (tertiary/aromatic N) is 5. The summed E-state index contributed by atoms with van der Waals surface area (Å²) >= 11 is 0. The van der Waals surface area contributed by atoms with Gasteiger partial charge in [-0.2, -0.15) is 0 Å². The number of benzene rings is 4. The molecular weight excluding hydrogens is 430 g/mol. The molecule has 0 amide bonds. The first-order valence-corrected chi connectivity index (χ1v) is 12.0. The molecule has 8 aromatic rings. The Hall–Kier alpha value is -4.38. The minimum absolute atomic E-state index is 0.0295. The second-order valence-electron chi connectivity index (χ2n) is 10.5. The lowest BCUT2D eigenvalue weighted by Gasteiger charge is -2.23. The average molecular weight is 454 g/mol. The van der Waals surface area contributed by atoms with Gasteiger partial charge in [-0.05, 0) is 58.5 Å². The molecule has 5 heteroatoms. The molecular formula is C30H23N5. The third-order valence-corrected chi connectivity index (χ3v) is 7.31. The maximum Gasteiger partial charge on any atom is 0.223 e. The molecule has 0 spiro atoms. The molecule has 4 aromatic heterocycles. The molecule has 5 nitrogen and oxygen atoms in total. The second kappa shape index (κ2) is 6.19. The van der Waals surface area contributed by atoms with Crippen LogP contribution in [0.3, 0.4) is 0 Å². The van der Waals surface area contributed by atoms with E-state index in [1.54, 1.807) is 0 Å². The van der Waals surface area contributed by atoms with E-state index in [0.717, 1.165) is 50.2 Å². The number of rotatable bonds is 1. The number of hydrogen-bond donors (Lipinski definition) is 0. The Morgan fingerprint density at radius 1 is 0.571 bits per heavy atom. The van der Waals surface area contributed by atoms with Gasteiger partial charge in [0, 0.05) is 0 Å². The third kappa shape index (κ3) is 2.32. The Morgan fingerprint density at radius 2 is 1.09 bits per heavy atom. The van der Waals surface area contributed by atoms with Crippen LogP contribution in [-0.2, 0) is 5.41 Å². The van der Waals surface area contributed by atoms with Crippen LogP contribution in [0.2, 0.25) is 0 Å². The minimum atomic E-state index is 0.0295. The van der Waals surface area contributed by atoms with Crippen molar-refractivity contribution in [1.29, 1.82) is 0 Å². The van der Waals surface area contributed by atoms with Gasteiger partial charge in [-0.3, -0.25) is 8.80 Å². The van der Waals surface area contributed by atoms with Crippen molar-refractivity contribution >= 4 is 50.2 Å². The van der Waals surface area contributed by atoms with E-state index >= 15 is 0 Å². The Labute approximate surface area is 201 Å². The van der Waals surface area contributed by atoms with Crippen LogP contribution in [-0.4, -0.2) is 23.2 Å². The van der Waals surface area contributed by atoms with Gasteiger partial charge in [0.2, 0.25) is 11.6 Å². The van der Waals surface area contributed by atoms with Crippen LogP contribution in [0.25, 0.3) is 61.3 Å². The maximum absolute atomic E-state index is 5.06. The molecule has 0 atom stereocenters. The molecule has 0 aliphatic carbocycles. The Kier molecular flexibility index (Phi) is 3.36. The summed E-state index contributed by atoms with van der Waals surface area (Å²) in [5.74, 6) is 1.80. The first-order valence-electron chi connectivity index (χ1n) is 12.0. The Morgan fingerprint density at radius 3 is 1.66 bits per heavy atom. The zero-order chi connectivity index (χ0) is 23.5. The van der Waals surface area contributed by atoms with Crippen LogP contribution in [0.4, 0.5) is 0 Å².